The average Bonchev–Trinajstić information content (AvgIpc) is 3.19. The first kappa shape index (κ1) is 20.5. The standard InChI is InChI=1S/C26H25F3O/c27-26(28,29)25(22-16-15-20-9-6-10-21(20)18-22)14-5-8-19-7-4-13-24(17-19)30-23-11-2-1-3-12-23/h1-4,7,11-13,15-18,25H,5-6,8-10,14H2. The van der Waals surface area contributed by atoms with Crippen molar-refractivity contribution in [3.05, 3.63) is 95.1 Å². The molecule has 1 aliphatic carbocycles. The summed E-state index contributed by atoms with van der Waals surface area (Å²) >= 11 is 0. The summed E-state index contributed by atoms with van der Waals surface area (Å²) in [7, 11) is 0. The lowest BCUT2D eigenvalue weighted by Crippen LogP contribution is -2.21. The molecule has 0 amide bonds. The third-order valence-corrected chi connectivity index (χ3v) is 5.76. The summed E-state index contributed by atoms with van der Waals surface area (Å²) in [5.41, 5.74) is 3.69. The number of ether oxygens (including phenoxy) is 1. The van der Waals surface area contributed by atoms with Crippen LogP contribution in [0.4, 0.5) is 13.2 Å². The lowest BCUT2D eigenvalue weighted by atomic mass is 9.90. The molecule has 1 unspecified atom stereocenters. The lowest BCUT2D eigenvalue weighted by molar-refractivity contribution is -0.152. The number of aryl methyl sites for hydroxylation is 3. The summed E-state index contributed by atoms with van der Waals surface area (Å²) in [5, 5.41) is 0. The van der Waals surface area contributed by atoms with Gasteiger partial charge in [-0.05, 0) is 85.0 Å². The minimum atomic E-state index is -4.23. The number of rotatable bonds is 7. The van der Waals surface area contributed by atoms with Crippen molar-refractivity contribution in [3.63, 3.8) is 0 Å². The zero-order chi connectivity index (χ0) is 21.0. The maximum atomic E-state index is 13.8. The average molecular weight is 410 g/mol. The molecular weight excluding hydrogens is 385 g/mol. The van der Waals surface area contributed by atoms with E-state index < -0.39 is 12.1 Å². The van der Waals surface area contributed by atoms with E-state index in [4.69, 9.17) is 4.74 Å². The summed E-state index contributed by atoms with van der Waals surface area (Å²) in [5.74, 6) is 0.0280. The Morgan fingerprint density at radius 1 is 0.800 bits per heavy atom. The Morgan fingerprint density at radius 3 is 2.37 bits per heavy atom. The maximum absolute atomic E-state index is 13.8. The van der Waals surface area contributed by atoms with Gasteiger partial charge in [0.05, 0.1) is 5.92 Å². The van der Waals surface area contributed by atoms with E-state index in [1.165, 1.54) is 5.56 Å². The van der Waals surface area contributed by atoms with E-state index >= 15 is 0 Å². The fourth-order valence-corrected chi connectivity index (χ4v) is 4.23. The Labute approximate surface area is 175 Å². The van der Waals surface area contributed by atoms with Crippen LogP contribution < -0.4 is 4.74 Å². The van der Waals surface area contributed by atoms with E-state index in [2.05, 4.69) is 0 Å². The van der Waals surface area contributed by atoms with Gasteiger partial charge in [-0.15, -0.1) is 0 Å². The van der Waals surface area contributed by atoms with Gasteiger partial charge >= 0.3 is 6.18 Å². The molecule has 0 bridgehead atoms. The minimum Gasteiger partial charge on any atom is -0.457 e. The van der Waals surface area contributed by atoms with Crippen molar-refractivity contribution in [2.75, 3.05) is 0 Å². The zero-order valence-corrected chi connectivity index (χ0v) is 16.8. The van der Waals surface area contributed by atoms with Crippen LogP contribution in [-0.4, -0.2) is 6.18 Å². The number of hydrogen-bond acceptors (Lipinski definition) is 1. The van der Waals surface area contributed by atoms with Crippen LogP contribution >= 0.6 is 0 Å². The highest BCUT2D eigenvalue weighted by Crippen LogP contribution is 2.40. The van der Waals surface area contributed by atoms with Crippen LogP contribution in [0.25, 0.3) is 0 Å². The molecule has 3 aromatic rings. The highest BCUT2D eigenvalue weighted by Gasteiger charge is 2.40. The van der Waals surface area contributed by atoms with Gasteiger partial charge in [-0.2, -0.15) is 13.2 Å². The van der Waals surface area contributed by atoms with Gasteiger partial charge in [0.1, 0.15) is 11.5 Å². The molecule has 0 aliphatic heterocycles. The Hall–Kier alpha value is -2.75. The topological polar surface area (TPSA) is 9.23 Å². The van der Waals surface area contributed by atoms with Gasteiger partial charge in [-0.3, -0.25) is 0 Å². The molecule has 1 atom stereocenters. The number of hydrogen-bond donors (Lipinski definition) is 0. The van der Waals surface area contributed by atoms with Crippen molar-refractivity contribution in [2.45, 2.75) is 50.6 Å². The third kappa shape index (κ3) is 5.05. The lowest BCUT2D eigenvalue weighted by Gasteiger charge is -2.21. The highest BCUT2D eigenvalue weighted by atomic mass is 19.4. The number of fused-ring (bicyclic) bond motifs is 1. The normalized spacial score (nSPS) is 14.4. The number of halogens is 3. The van der Waals surface area contributed by atoms with Crippen molar-refractivity contribution >= 4 is 0 Å². The fraction of sp³-hybridized carbons (Fsp3) is 0.308. The third-order valence-electron chi connectivity index (χ3n) is 5.76. The Balaban J connectivity index is 1.41. The smallest absolute Gasteiger partial charge is 0.395 e. The van der Waals surface area contributed by atoms with Crippen molar-refractivity contribution in [1.82, 2.24) is 0 Å². The molecule has 4 rings (SSSR count). The molecule has 0 fully saturated rings. The van der Waals surface area contributed by atoms with Crippen LogP contribution in [0.5, 0.6) is 11.5 Å². The summed E-state index contributed by atoms with van der Waals surface area (Å²) in [6, 6.07) is 22.4. The van der Waals surface area contributed by atoms with Gasteiger partial charge in [0, 0.05) is 0 Å². The Morgan fingerprint density at radius 2 is 1.57 bits per heavy atom. The number of benzene rings is 3. The monoisotopic (exact) mass is 410 g/mol. The van der Waals surface area contributed by atoms with Crippen LogP contribution in [0, 0.1) is 0 Å². The van der Waals surface area contributed by atoms with Gasteiger partial charge < -0.3 is 4.74 Å². The van der Waals surface area contributed by atoms with Crippen molar-refractivity contribution in [1.29, 1.82) is 0 Å². The van der Waals surface area contributed by atoms with Gasteiger partial charge in [-0.1, -0.05) is 48.5 Å². The molecule has 30 heavy (non-hydrogen) atoms. The Bertz CT molecular complexity index is 979. The van der Waals surface area contributed by atoms with E-state index in [1.54, 1.807) is 12.1 Å². The molecular formula is C26H25F3O. The first-order chi connectivity index (χ1) is 14.5. The molecule has 0 radical (unpaired) electrons. The van der Waals surface area contributed by atoms with Crippen molar-refractivity contribution in [2.24, 2.45) is 0 Å². The number of alkyl halides is 3. The summed E-state index contributed by atoms with van der Waals surface area (Å²) in [6.07, 6.45) is -0.177. The SMILES string of the molecule is FC(F)(F)C(CCCc1cccc(Oc2ccccc2)c1)c1ccc2c(c1)CCC2. The molecule has 3 aromatic carbocycles. The van der Waals surface area contributed by atoms with Gasteiger partial charge in [0.25, 0.3) is 0 Å². The first-order valence-corrected chi connectivity index (χ1v) is 10.5. The van der Waals surface area contributed by atoms with Gasteiger partial charge in [-0.25, -0.2) is 0 Å². The van der Waals surface area contributed by atoms with E-state index in [0.717, 1.165) is 36.1 Å². The molecule has 0 heterocycles. The highest BCUT2D eigenvalue weighted by molar-refractivity contribution is 5.37. The van der Waals surface area contributed by atoms with E-state index in [-0.39, 0.29) is 6.42 Å². The van der Waals surface area contributed by atoms with Crippen LogP contribution in [0.1, 0.15) is 47.4 Å². The largest absolute Gasteiger partial charge is 0.457 e. The molecule has 1 nitrogen and oxygen atoms in total. The second-order valence-corrected chi connectivity index (χ2v) is 7.93. The minimum absolute atomic E-state index is 0.0893. The molecule has 0 saturated heterocycles. The molecule has 1 aliphatic rings. The van der Waals surface area contributed by atoms with E-state index in [0.29, 0.717) is 24.2 Å². The second kappa shape index (κ2) is 8.95. The maximum Gasteiger partial charge on any atom is 0.395 e. The summed E-state index contributed by atoms with van der Waals surface area (Å²) in [6.45, 7) is 0. The van der Waals surface area contributed by atoms with E-state index in [1.807, 2.05) is 60.7 Å². The van der Waals surface area contributed by atoms with Crippen LogP contribution in [0.2, 0.25) is 0 Å². The summed E-state index contributed by atoms with van der Waals surface area (Å²) in [4.78, 5) is 0. The first-order valence-electron chi connectivity index (χ1n) is 10.5. The molecule has 4 heteroatoms. The molecule has 0 saturated carbocycles. The van der Waals surface area contributed by atoms with Crippen LogP contribution in [0.3, 0.4) is 0 Å². The van der Waals surface area contributed by atoms with E-state index in [9.17, 15) is 13.2 Å². The zero-order valence-electron chi connectivity index (χ0n) is 16.8. The number of para-hydroxylation sites is 1. The quantitative estimate of drug-likeness (QED) is 0.389. The van der Waals surface area contributed by atoms with Crippen LogP contribution in [-0.2, 0) is 19.3 Å². The molecule has 0 aromatic heterocycles. The van der Waals surface area contributed by atoms with Crippen molar-refractivity contribution in [3.8, 4) is 11.5 Å². The predicted molar refractivity (Wildman–Crippen MR) is 113 cm³/mol. The van der Waals surface area contributed by atoms with Gasteiger partial charge in [0.15, 0.2) is 0 Å². The molecule has 0 N–H and O–H groups in total. The Kier molecular flexibility index (Phi) is 6.12. The molecule has 156 valence electrons. The fourth-order valence-electron chi connectivity index (χ4n) is 4.23. The second-order valence-electron chi connectivity index (χ2n) is 7.93. The molecule has 0 spiro atoms. The van der Waals surface area contributed by atoms with Crippen molar-refractivity contribution < 1.29 is 17.9 Å². The summed E-state index contributed by atoms with van der Waals surface area (Å²) < 4.78 is 47.1. The predicted octanol–water partition coefficient (Wildman–Crippen LogP) is 7.64. The van der Waals surface area contributed by atoms with Gasteiger partial charge in [0.2, 0.25) is 0 Å². The van der Waals surface area contributed by atoms with Crippen LogP contribution in [0.15, 0.2) is 72.8 Å².